The molecule has 0 aliphatic rings. The Kier molecular flexibility index (Phi) is 3.81. The van der Waals surface area contributed by atoms with Crippen LogP contribution in [0.15, 0.2) is 30.5 Å². The number of nitriles is 1. The lowest BCUT2D eigenvalue weighted by atomic mass is 10.0. The van der Waals surface area contributed by atoms with Gasteiger partial charge in [-0.2, -0.15) is 5.26 Å². The lowest BCUT2D eigenvalue weighted by molar-refractivity contribution is 0.620. The molecule has 0 atom stereocenters. The van der Waals surface area contributed by atoms with Gasteiger partial charge in [-0.15, -0.1) is 0 Å². The Morgan fingerprint density at radius 1 is 1.17 bits per heavy atom. The largest absolute Gasteiger partial charge is 0.253 e. The molecule has 0 aliphatic heterocycles. The Morgan fingerprint density at radius 3 is 2.44 bits per heavy atom. The van der Waals surface area contributed by atoms with Gasteiger partial charge in [0, 0.05) is 15.6 Å². The number of halogens is 3. The highest BCUT2D eigenvalue weighted by molar-refractivity contribution is 6.35. The minimum Gasteiger partial charge on any atom is -0.253 e. The van der Waals surface area contributed by atoms with Crippen LogP contribution >= 0.6 is 23.2 Å². The standard InChI is InChI=1S/C13H7Cl2FN2/c14-10-3-9(4-11(15)6-10)13-8(1-2-17)5-12(16)7-18-13/h3-7H,1H2. The van der Waals surface area contributed by atoms with E-state index in [2.05, 4.69) is 4.98 Å². The normalized spacial score (nSPS) is 10.1. The van der Waals surface area contributed by atoms with Crippen molar-refractivity contribution in [3.63, 3.8) is 0 Å². The summed E-state index contributed by atoms with van der Waals surface area (Å²) in [5.41, 5.74) is 1.69. The van der Waals surface area contributed by atoms with Crippen LogP contribution in [0.2, 0.25) is 10.0 Å². The van der Waals surface area contributed by atoms with Crippen molar-refractivity contribution < 1.29 is 4.39 Å². The van der Waals surface area contributed by atoms with Crippen LogP contribution in [0, 0.1) is 17.1 Å². The van der Waals surface area contributed by atoms with Crippen LogP contribution in [0.5, 0.6) is 0 Å². The zero-order valence-electron chi connectivity index (χ0n) is 9.12. The molecule has 2 rings (SSSR count). The van der Waals surface area contributed by atoms with Crippen LogP contribution in [0.3, 0.4) is 0 Å². The van der Waals surface area contributed by atoms with Gasteiger partial charge in [0.05, 0.1) is 24.4 Å². The van der Waals surface area contributed by atoms with Crippen molar-refractivity contribution in [2.75, 3.05) is 0 Å². The molecule has 90 valence electrons. The van der Waals surface area contributed by atoms with Gasteiger partial charge in [-0.1, -0.05) is 23.2 Å². The maximum absolute atomic E-state index is 13.1. The molecular weight excluding hydrogens is 274 g/mol. The molecule has 0 aliphatic carbocycles. The molecule has 1 aromatic carbocycles. The Morgan fingerprint density at radius 2 is 1.83 bits per heavy atom. The van der Waals surface area contributed by atoms with Crippen LogP contribution in [-0.2, 0) is 6.42 Å². The molecule has 2 nitrogen and oxygen atoms in total. The number of hydrogen-bond acceptors (Lipinski definition) is 2. The van der Waals surface area contributed by atoms with Crippen LogP contribution < -0.4 is 0 Å². The van der Waals surface area contributed by atoms with E-state index in [4.69, 9.17) is 28.5 Å². The van der Waals surface area contributed by atoms with Crippen molar-refractivity contribution in [2.45, 2.75) is 6.42 Å². The number of pyridine rings is 1. The van der Waals surface area contributed by atoms with Gasteiger partial charge in [-0.3, -0.25) is 4.98 Å². The number of aromatic nitrogens is 1. The summed E-state index contributed by atoms with van der Waals surface area (Å²) in [4.78, 5) is 4.01. The lowest BCUT2D eigenvalue weighted by Gasteiger charge is -2.07. The van der Waals surface area contributed by atoms with E-state index in [0.717, 1.165) is 6.20 Å². The fourth-order valence-electron chi connectivity index (χ4n) is 1.65. The molecule has 18 heavy (non-hydrogen) atoms. The van der Waals surface area contributed by atoms with Gasteiger partial charge in [0.1, 0.15) is 5.82 Å². The van der Waals surface area contributed by atoms with Gasteiger partial charge in [0.15, 0.2) is 0 Å². The van der Waals surface area contributed by atoms with E-state index in [-0.39, 0.29) is 6.42 Å². The third-order valence-corrected chi connectivity index (χ3v) is 2.78. The van der Waals surface area contributed by atoms with Crippen molar-refractivity contribution in [3.8, 4) is 17.3 Å². The van der Waals surface area contributed by atoms with Crippen LogP contribution in [0.1, 0.15) is 5.56 Å². The highest BCUT2D eigenvalue weighted by Gasteiger charge is 2.09. The summed E-state index contributed by atoms with van der Waals surface area (Å²) < 4.78 is 13.1. The predicted molar refractivity (Wildman–Crippen MR) is 69.0 cm³/mol. The average Bonchev–Trinajstić information content (AvgIpc) is 2.28. The maximum atomic E-state index is 13.1. The van der Waals surface area contributed by atoms with Crippen molar-refractivity contribution in [2.24, 2.45) is 0 Å². The first kappa shape index (κ1) is 12.8. The van der Waals surface area contributed by atoms with Gasteiger partial charge in [-0.25, -0.2) is 4.39 Å². The summed E-state index contributed by atoms with van der Waals surface area (Å²) >= 11 is 11.8. The second-order valence-electron chi connectivity index (χ2n) is 3.65. The lowest BCUT2D eigenvalue weighted by Crippen LogP contribution is -1.94. The molecule has 5 heteroatoms. The predicted octanol–water partition coefficient (Wildman–Crippen LogP) is 4.26. The van der Waals surface area contributed by atoms with Gasteiger partial charge in [0.25, 0.3) is 0 Å². The molecule has 2 aromatic rings. The molecule has 0 saturated carbocycles. The molecule has 0 fully saturated rings. The first-order valence-corrected chi connectivity index (χ1v) is 5.83. The Hall–Kier alpha value is -1.63. The Balaban J connectivity index is 2.59. The summed E-state index contributed by atoms with van der Waals surface area (Å²) in [6, 6.07) is 8.22. The van der Waals surface area contributed by atoms with Crippen LogP contribution in [0.25, 0.3) is 11.3 Å². The van der Waals surface area contributed by atoms with E-state index in [1.165, 1.54) is 6.07 Å². The monoisotopic (exact) mass is 280 g/mol. The molecule has 1 aromatic heterocycles. The molecule has 0 N–H and O–H groups in total. The minimum absolute atomic E-state index is 0.0736. The van der Waals surface area contributed by atoms with Crippen molar-refractivity contribution in [1.82, 2.24) is 4.98 Å². The van der Waals surface area contributed by atoms with E-state index in [1.807, 2.05) is 6.07 Å². The maximum Gasteiger partial charge on any atom is 0.141 e. The quantitative estimate of drug-likeness (QED) is 0.824. The highest BCUT2D eigenvalue weighted by atomic mass is 35.5. The molecule has 0 amide bonds. The molecule has 0 saturated heterocycles. The zero-order valence-corrected chi connectivity index (χ0v) is 10.6. The van der Waals surface area contributed by atoms with E-state index in [0.29, 0.717) is 26.9 Å². The molecular formula is C13H7Cl2FN2. The van der Waals surface area contributed by atoms with Crippen molar-refractivity contribution in [3.05, 3.63) is 51.9 Å². The summed E-state index contributed by atoms with van der Waals surface area (Å²) in [5, 5.41) is 9.67. The topological polar surface area (TPSA) is 36.7 Å². The SMILES string of the molecule is N#CCc1cc(F)cnc1-c1cc(Cl)cc(Cl)c1. The van der Waals surface area contributed by atoms with Crippen LogP contribution in [0.4, 0.5) is 4.39 Å². The van der Waals surface area contributed by atoms with E-state index in [9.17, 15) is 4.39 Å². The van der Waals surface area contributed by atoms with E-state index >= 15 is 0 Å². The molecule has 0 spiro atoms. The summed E-state index contributed by atoms with van der Waals surface area (Å²) in [5.74, 6) is -0.475. The summed E-state index contributed by atoms with van der Waals surface area (Å²) in [6.07, 6.45) is 1.18. The molecule has 0 unspecified atom stereocenters. The van der Waals surface area contributed by atoms with Gasteiger partial charge >= 0.3 is 0 Å². The first-order valence-electron chi connectivity index (χ1n) is 5.08. The van der Waals surface area contributed by atoms with Crippen molar-refractivity contribution in [1.29, 1.82) is 5.26 Å². The van der Waals surface area contributed by atoms with Gasteiger partial charge in [-0.05, 0) is 29.8 Å². The third-order valence-electron chi connectivity index (χ3n) is 2.34. The van der Waals surface area contributed by atoms with Gasteiger partial charge in [0.2, 0.25) is 0 Å². The zero-order chi connectivity index (χ0) is 13.1. The summed E-state index contributed by atoms with van der Waals surface area (Å²) in [6.45, 7) is 0. The fourth-order valence-corrected chi connectivity index (χ4v) is 2.18. The third kappa shape index (κ3) is 2.79. The van der Waals surface area contributed by atoms with Crippen LogP contribution in [-0.4, -0.2) is 4.98 Å². The fraction of sp³-hybridized carbons (Fsp3) is 0.0769. The second-order valence-corrected chi connectivity index (χ2v) is 4.53. The number of rotatable bonds is 2. The Labute approximate surface area is 114 Å². The number of hydrogen-bond donors (Lipinski definition) is 0. The van der Waals surface area contributed by atoms with Crippen molar-refractivity contribution >= 4 is 23.2 Å². The summed E-state index contributed by atoms with van der Waals surface area (Å²) in [7, 11) is 0. The van der Waals surface area contributed by atoms with E-state index in [1.54, 1.807) is 18.2 Å². The smallest absolute Gasteiger partial charge is 0.141 e. The van der Waals surface area contributed by atoms with E-state index < -0.39 is 5.82 Å². The second kappa shape index (κ2) is 5.34. The minimum atomic E-state index is -0.475. The molecule has 0 radical (unpaired) electrons. The number of nitrogens with zero attached hydrogens (tertiary/aromatic N) is 2. The average molecular weight is 281 g/mol. The first-order chi connectivity index (χ1) is 8.60. The molecule has 0 bridgehead atoms. The van der Waals surface area contributed by atoms with Gasteiger partial charge < -0.3 is 0 Å². The molecule has 1 heterocycles. The number of benzene rings is 1. The Bertz CT molecular complexity index is 615. The highest BCUT2D eigenvalue weighted by Crippen LogP contribution is 2.28.